The summed E-state index contributed by atoms with van der Waals surface area (Å²) in [5, 5.41) is 12.0. The Hall–Kier alpha value is -0.410. The normalized spacial score (nSPS) is 43.1. The monoisotopic (exact) mass is 251 g/mol. The molecule has 0 saturated heterocycles. The van der Waals surface area contributed by atoms with Gasteiger partial charge in [-0.05, 0) is 63.2 Å². The first-order valence-corrected chi connectivity index (χ1v) is 7.51. The fraction of sp³-hybridized carbons (Fsp3) is 0.933. The molecule has 4 aliphatic carbocycles. The standard InChI is InChI=1S/C15H25NO2/c1-10(16-2-3-17)14(18)15-7-11-4-12(8-15)6-13(5-11)9-15/h10-13,16-17H,2-9H2,1H3/t10-,11?,12?,13?,15?/m0/s1. The van der Waals surface area contributed by atoms with Crippen LogP contribution in [-0.2, 0) is 4.79 Å². The van der Waals surface area contributed by atoms with E-state index < -0.39 is 0 Å². The van der Waals surface area contributed by atoms with Crippen molar-refractivity contribution in [3.8, 4) is 0 Å². The van der Waals surface area contributed by atoms with Crippen LogP contribution >= 0.6 is 0 Å². The van der Waals surface area contributed by atoms with Crippen molar-refractivity contribution in [2.45, 2.75) is 51.5 Å². The Morgan fingerprint density at radius 1 is 1.22 bits per heavy atom. The van der Waals surface area contributed by atoms with E-state index in [0.717, 1.165) is 37.0 Å². The zero-order chi connectivity index (χ0) is 12.8. The third-order valence-electron chi connectivity index (χ3n) is 5.52. The van der Waals surface area contributed by atoms with Gasteiger partial charge in [-0.15, -0.1) is 0 Å². The summed E-state index contributed by atoms with van der Waals surface area (Å²) >= 11 is 0. The molecule has 102 valence electrons. The number of hydrogen-bond donors (Lipinski definition) is 2. The summed E-state index contributed by atoms with van der Waals surface area (Å²) in [4.78, 5) is 12.8. The summed E-state index contributed by atoms with van der Waals surface area (Å²) in [6.07, 6.45) is 7.57. The minimum Gasteiger partial charge on any atom is -0.395 e. The molecule has 4 aliphatic rings. The summed E-state index contributed by atoms with van der Waals surface area (Å²) in [5.74, 6) is 2.90. The van der Waals surface area contributed by atoms with Crippen molar-refractivity contribution in [3.63, 3.8) is 0 Å². The number of hydrogen-bond acceptors (Lipinski definition) is 3. The molecule has 0 spiro atoms. The smallest absolute Gasteiger partial charge is 0.155 e. The molecule has 0 amide bonds. The average Bonchev–Trinajstić information content (AvgIpc) is 2.33. The SMILES string of the molecule is C[C@H](NCCO)C(=O)C12CC3CC(CC(C3)C1)C2. The number of carbonyl (C=O) groups is 1. The maximum Gasteiger partial charge on any atom is 0.155 e. The predicted molar refractivity (Wildman–Crippen MR) is 70.2 cm³/mol. The van der Waals surface area contributed by atoms with Crippen molar-refractivity contribution in [2.24, 2.45) is 23.2 Å². The van der Waals surface area contributed by atoms with E-state index in [1.54, 1.807) is 0 Å². The van der Waals surface area contributed by atoms with Gasteiger partial charge < -0.3 is 10.4 Å². The largest absolute Gasteiger partial charge is 0.395 e. The van der Waals surface area contributed by atoms with Crippen LogP contribution in [0.3, 0.4) is 0 Å². The van der Waals surface area contributed by atoms with Gasteiger partial charge in [0, 0.05) is 12.0 Å². The summed E-state index contributed by atoms with van der Waals surface area (Å²) in [5.41, 5.74) is -0.00335. The molecule has 4 rings (SSSR count). The van der Waals surface area contributed by atoms with Crippen molar-refractivity contribution in [1.82, 2.24) is 5.32 Å². The van der Waals surface area contributed by atoms with Crippen LogP contribution in [0.4, 0.5) is 0 Å². The van der Waals surface area contributed by atoms with Gasteiger partial charge in [0.1, 0.15) is 0 Å². The molecule has 0 unspecified atom stereocenters. The van der Waals surface area contributed by atoms with Crippen LogP contribution < -0.4 is 5.32 Å². The topological polar surface area (TPSA) is 49.3 Å². The minimum atomic E-state index is -0.0894. The highest BCUT2D eigenvalue weighted by atomic mass is 16.3. The van der Waals surface area contributed by atoms with Gasteiger partial charge >= 0.3 is 0 Å². The number of aliphatic hydroxyl groups excluding tert-OH is 1. The molecular formula is C15H25NO2. The lowest BCUT2D eigenvalue weighted by atomic mass is 9.48. The quantitative estimate of drug-likeness (QED) is 0.782. The summed E-state index contributed by atoms with van der Waals surface area (Å²) in [6, 6.07) is -0.0894. The van der Waals surface area contributed by atoms with Gasteiger partial charge in [0.05, 0.1) is 12.6 Å². The summed E-state index contributed by atoms with van der Waals surface area (Å²) in [6.45, 7) is 2.61. The maximum atomic E-state index is 12.8. The molecule has 4 saturated carbocycles. The Bertz CT molecular complexity index is 304. The van der Waals surface area contributed by atoms with Crippen LogP contribution in [0.1, 0.15) is 45.4 Å². The van der Waals surface area contributed by atoms with Gasteiger partial charge in [0.25, 0.3) is 0 Å². The maximum absolute atomic E-state index is 12.8. The minimum absolute atomic E-state index is 0.00335. The lowest BCUT2D eigenvalue weighted by molar-refractivity contribution is -0.145. The molecule has 4 bridgehead atoms. The van der Waals surface area contributed by atoms with Crippen LogP contribution in [0.25, 0.3) is 0 Å². The fourth-order valence-corrected chi connectivity index (χ4v) is 5.25. The molecule has 0 aromatic rings. The fourth-order valence-electron chi connectivity index (χ4n) is 5.25. The van der Waals surface area contributed by atoms with Gasteiger partial charge in [-0.2, -0.15) is 0 Å². The van der Waals surface area contributed by atoms with Gasteiger partial charge in [-0.1, -0.05) is 0 Å². The lowest BCUT2D eigenvalue weighted by Gasteiger charge is -2.56. The number of nitrogens with one attached hydrogen (secondary N) is 1. The molecule has 0 heterocycles. The number of aliphatic hydroxyl groups is 1. The van der Waals surface area contributed by atoms with Gasteiger partial charge in [-0.25, -0.2) is 0 Å². The summed E-state index contributed by atoms with van der Waals surface area (Å²) < 4.78 is 0. The first-order chi connectivity index (χ1) is 8.63. The van der Waals surface area contributed by atoms with Gasteiger partial charge in [-0.3, -0.25) is 4.79 Å². The number of rotatable bonds is 5. The van der Waals surface area contributed by atoms with Crippen molar-refractivity contribution in [1.29, 1.82) is 0 Å². The molecule has 0 aliphatic heterocycles. The third kappa shape index (κ3) is 2.01. The van der Waals surface area contributed by atoms with E-state index in [2.05, 4.69) is 5.32 Å². The zero-order valence-electron chi connectivity index (χ0n) is 11.3. The number of Topliss-reactive ketones (excluding diaryl/α,β-unsaturated/α-hetero) is 1. The second kappa shape index (κ2) is 4.61. The molecule has 1 atom stereocenters. The Morgan fingerprint density at radius 3 is 2.17 bits per heavy atom. The van der Waals surface area contributed by atoms with Crippen LogP contribution in [-0.4, -0.2) is 30.1 Å². The highest BCUT2D eigenvalue weighted by Gasteiger charge is 2.54. The third-order valence-corrected chi connectivity index (χ3v) is 5.52. The average molecular weight is 251 g/mol. The Labute approximate surface area is 109 Å². The van der Waals surface area contributed by atoms with Crippen LogP contribution in [0.5, 0.6) is 0 Å². The Balaban J connectivity index is 1.72. The number of ketones is 1. The first-order valence-electron chi connectivity index (χ1n) is 7.51. The molecular weight excluding hydrogens is 226 g/mol. The van der Waals surface area contributed by atoms with E-state index in [9.17, 15) is 4.79 Å². The van der Waals surface area contributed by atoms with Crippen LogP contribution in [0.15, 0.2) is 0 Å². The molecule has 3 nitrogen and oxygen atoms in total. The van der Waals surface area contributed by atoms with E-state index in [-0.39, 0.29) is 18.1 Å². The van der Waals surface area contributed by atoms with Gasteiger partial charge in [0.15, 0.2) is 5.78 Å². The van der Waals surface area contributed by atoms with Crippen molar-refractivity contribution >= 4 is 5.78 Å². The van der Waals surface area contributed by atoms with E-state index >= 15 is 0 Å². The van der Waals surface area contributed by atoms with Crippen molar-refractivity contribution in [2.75, 3.05) is 13.2 Å². The molecule has 18 heavy (non-hydrogen) atoms. The molecule has 0 radical (unpaired) electrons. The number of carbonyl (C=O) groups excluding carboxylic acids is 1. The summed E-state index contributed by atoms with van der Waals surface area (Å²) in [7, 11) is 0. The first kappa shape index (κ1) is 12.6. The second-order valence-corrected chi connectivity index (χ2v) is 6.96. The van der Waals surface area contributed by atoms with Crippen molar-refractivity contribution < 1.29 is 9.90 Å². The Morgan fingerprint density at radius 2 is 1.72 bits per heavy atom. The van der Waals surface area contributed by atoms with E-state index in [1.165, 1.54) is 19.3 Å². The van der Waals surface area contributed by atoms with Crippen LogP contribution in [0.2, 0.25) is 0 Å². The molecule has 2 N–H and O–H groups in total. The lowest BCUT2D eigenvalue weighted by Crippen LogP contribution is -2.54. The molecule has 3 heteroatoms. The molecule has 4 fully saturated rings. The highest BCUT2D eigenvalue weighted by molar-refractivity contribution is 5.89. The molecule has 0 aromatic carbocycles. The van der Waals surface area contributed by atoms with Crippen molar-refractivity contribution in [3.05, 3.63) is 0 Å². The van der Waals surface area contributed by atoms with E-state index in [0.29, 0.717) is 12.3 Å². The highest BCUT2D eigenvalue weighted by Crippen LogP contribution is 2.60. The Kier molecular flexibility index (Phi) is 3.23. The predicted octanol–water partition coefficient (Wildman–Crippen LogP) is 1.74. The van der Waals surface area contributed by atoms with Crippen LogP contribution in [0, 0.1) is 23.2 Å². The van der Waals surface area contributed by atoms with E-state index in [4.69, 9.17) is 5.11 Å². The molecule has 0 aromatic heterocycles. The van der Waals surface area contributed by atoms with Gasteiger partial charge in [0.2, 0.25) is 0 Å². The van der Waals surface area contributed by atoms with E-state index in [1.807, 2.05) is 6.92 Å². The second-order valence-electron chi connectivity index (χ2n) is 6.96. The zero-order valence-corrected chi connectivity index (χ0v) is 11.3.